The van der Waals surface area contributed by atoms with Gasteiger partial charge in [0, 0.05) is 29.2 Å². The van der Waals surface area contributed by atoms with Crippen molar-refractivity contribution in [1.29, 1.82) is 0 Å². The normalized spacial score (nSPS) is 19.1. The highest BCUT2D eigenvalue weighted by Crippen LogP contribution is 2.24. The number of halogens is 2. The molecule has 1 heterocycles. The molecular formula is C12H14Cl2N2O2. The zero-order valence-electron chi connectivity index (χ0n) is 9.73. The molecule has 4 nitrogen and oxygen atoms in total. The maximum absolute atomic E-state index is 11.8. The molecule has 0 unspecified atom stereocenters. The Labute approximate surface area is 116 Å². The topological polar surface area (TPSA) is 55.6 Å². The minimum Gasteiger partial charge on any atom is -0.484 e. The molecule has 1 saturated heterocycles. The average molecular weight is 289 g/mol. The molecule has 1 amide bonds. The van der Waals surface area contributed by atoms with Crippen LogP contribution in [0.15, 0.2) is 18.2 Å². The fraction of sp³-hybridized carbons (Fsp3) is 0.417. The minimum absolute atomic E-state index is 0.0244. The summed E-state index contributed by atoms with van der Waals surface area (Å²) in [5.41, 5.74) is 5.74. The van der Waals surface area contributed by atoms with Crippen LogP contribution in [0.3, 0.4) is 0 Å². The molecule has 0 bridgehead atoms. The van der Waals surface area contributed by atoms with Crippen LogP contribution in [-0.4, -0.2) is 36.5 Å². The Balaban J connectivity index is 1.89. The predicted octanol–water partition coefficient (Wildman–Crippen LogP) is 1.93. The van der Waals surface area contributed by atoms with Gasteiger partial charge in [-0.05, 0) is 24.6 Å². The molecule has 0 spiro atoms. The molecule has 0 aromatic heterocycles. The van der Waals surface area contributed by atoms with Gasteiger partial charge in [-0.3, -0.25) is 4.79 Å². The first kappa shape index (κ1) is 13.5. The van der Waals surface area contributed by atoms with E-state index in [2.05, 4.69) is 0 Å². The van der Waals surface area contributed by atoms with Crippen molar-refractivity contribution in [3.8, 4) is 5.75 Å². The van der Waals surface area contributed by atoms with E-state index >= 15 is 0 Å². The Morgan fingerprint density at radius 3 is 2.61 bits per heavy atom. The van der Waals surface area contributed by atoms with Crippen LogP contribution in [0.25, 0.3) is 0 Å². The Bertz CT molecular complexity index is 433. The number of amides is 1. The van der Waals surface area contributed by atoms with E-state index in [0.717, 1.165) is 6.42 Å². The van der Waals surface area contributed by atoms with Gasteiger partial charge in [0.15, 0.2) is 6.61 Å². The van der Waals surface area contributed by atoms with Crippen molar-refractivity contribution in [3.63, 3.8) is 0 Å². The first-order valence-electron chi connectivity index (χ1n) is 5.67. The molecule has 0 aliphatic carbocycles. The summed E-state index contributed by atoms with van der Waals surface area (Å²) >= 11 is 11.7. The second-order valence-corrected chi connectivity index (χ2v) is 5.16. The highest BCUT2D eigenvalue weighted by molar-refractivity contribution is 6.34. The lowest BCUT2D eigenvalue weighted by molar-refractivity contribution is -0.132. The Morgan fingerprint density at radius 2 is 2.06 bits per heavy atom. The van der Waals surface area contributed by atoms with Crippen molar-refractivity contribution in [2.45, 2.75) is 12.5 Å². The molecule has 18 heavy (non-hydrogen) atoms. The Morgan fingerprint density at radius 1 is 1.39 bits per heavy atom. The van der Waals surface area contributed by atoms with Gasteiger partial charge >= 0.3 is 0 Å². The van der Waals surface area contributed by atoms with Gasteiger partial charge in [-0.25, -0.2) is 0 Å². The summed E-state index contributed by atoms with van der Waals surface area (Å²) < 4.78 is 5.38. The smallest absolute Gasteiger partial charge is 0.260 e. The maximum atomic E-state index is 11.8. The Kier molecular flexibility index (Phi) is 4.32. The molecule has 1 aromatic rings. The summed E-state index contributed by atoms with van der Waals surface area (Å²) in [6.45, 7) is 1.27. The first-order valence-corrected chi connectivity index (χ1v) is 6.42. The largest absolute Gasteiger partial charge is 0.484 e. The van der Waals surface area contributed by atoms with Crippen molar-refractivity contribution in [2.24, 2.45) is 5.73 Å². The van der Waals surface area contributed by atoms with Crippen LogP contribution < -0.4 is 10.5 Å². The first-order chi connectivity index (χ1) is 8.54. The van der Waals surface area contributed by atoms with Crippen LogP contribution in [0.2, 0.25) is 10.0 Å². The van der Waals surface area contributed by atoms with Crippen LogP contribution >= 0.6 is 23.2 Å². The molecule has 1 aliphatic heterocycles. The van der Waals surface area contributed by atoms with E-state index in [-0.39, 0.29) is 18.6 Å². The van der Waals surface area contributed by atoms with E-state index in [1.807, 2.05) is 0 Å². The number of rotatable bonds is 3. The summed E-state index contributed by atoms with van der Waals surface area (Å²) in [6.07, 6.45) is 0.842. The third kappa shape index (κ3) is 3.51. The van der Waals surface area contributed by atoms with E-state index in [4.69, 9.17) is 33.7 Å². The fourth-order valence-electron chi connectivity index (χ4n) is 1.86. The zero-order valence-corrected chi connectivity index (χ0v) is 11.2. The average Bonchev–Trinajstić information content (AvgIpc) is 2.71. The zero-order chi connectivity index (χ0) is 13.1. The van der Waals surface area contributed by atoms with Gasteiger partial charge in [0.25, 0.3) is 5.91 Å². The molecule has 0 radical (unpaired) electrons. The lowest BCUT2D eigenvalue weighted by Gasteiger charge is -2.16. The molecule has 1 aliphatic rings. The van der Waals surface area contributed by atoms with Crippen molar-refractivity contribution in [1.82, 2.24) is 4.90 Å². The summed E-state index contributed by atoms with van der Waals surface area (Å²) in [7, 11) is 0. The third-order valence-electron chi connectivity index (χ3n) is 2.78. The summed E-state index contributed by atoms with van der Waals surface area (Å²) in [4.78, 5) is 13.5. The number of ether oxygens (including phenoxy) is 1. The summed E-state index contributed by atoms with van der Waals surface area (Å²) in [5.74, 6) is 0.420. The minimum atomic E-state index is -0.0703. The maximum Gasteiger partial charge on any atom is 0.260 e. The van der Waals surface area contributed by atoms with Gasteiger partial charge in [-0.15, -0.1) is 0 Å². The van der Waals surface area contributed by atoms with Crippen molar-refractivity contribution in [2.75, 3.05) is 19.7 Å². The van der Waals surface area contributed by atoms with E-state index < -0.39 is 0 Å². The van der Waals surface area contributed by atoms with Gasteiger partial charge in [-0.1, -0.05) is 23.2 Å². The third-order valence-corrected chi connectivity index (χ3v) is 3.21. The van der Waals surface area contributed by atoms with Crippen molar-refractivity contribution < 1.29 is 9.53 Å². The number of carbonyl (C=O) groups is 1. The number of nitrogens with zero attached hydrogens (tertiary/aromatic N) is 1. The summed E-state index contributed by atoms with van der Waals surface area (Å²) in [6, 6.07) is 4.93. The number of hydrogen-bond acceptors (Lipinski definition) is 3. The highest BCUT2D eigenvalue weighted by atomic mass is 35.5. The quantitative estimate of drug-likeness (QED) is 0.925. The van der Waals surface area contributed by atoms with E-state index in [1.54, 1.807) is 23.1 Å². The van der Waals surface area contributed by atoms with Gasteiger partial charge in [0.2, 0.25) is 0 Å². The second-order valence-electron chi connectivity index (χ2n) is 4.28. The van der Waals surface area contributed by atoms with Crippen LogP contribution in [0.4, 0.5) is 0 Å². The lowest BCUT2D eigenvalue weighted by Crippen LogP contribution is -2.35. The van der Waals surface area contributed by atoms with Gasteiger partial charge in [0.05, 0.1) is 0 Å². The monoisotopic (exact) mass is 288 g/mol. The standard InChI is InChI=1S/C12H14Cl2N2O2/c13-8-3-9(14)5-11(4-8)18-7-12(17)16-2-1-10(15)6-16/h3-5,10H,1-2,6-7,15H2/t10-/m1/s1. The van der Waals surface area contributed by atoms with Crippen LogP contribution in [0.1, 0.15) is 6.42 Å². The number of likely N-dealkylation sites (tertiary alicyclic amines) is 1. The lowest BCUT2D eigenvalue weighted by atomic mass is 10.3. The fourth-order valence-corrected chi connectivity index (χ4v) is 2.37. The Hall–Kier alpha value is -0.970. The van der Waals surface area contributed by atoms with Crippen molar-refractivity contribution in [3.05, 3.63) is 28.2 Å². The van der Waals surface area contributed by atoms with E-state index in [0.29, 0.717) is 28.9 Å². The number of benzene rings is 1. The SMILES string of the molecule is N[C@@H]1CCN(C(=O)COc2cc(Cl)cc(Cl)c2)C1. The van der Waals surface area contributed by atoms with Gasteiger partial charge in [-0.2, -0.15) is 0 Å². The van der Waals surface area contributed by atoms with Crippen LogP contribution in [0, 0.1) is 0 Å². The number of hydrogen-bond donors (Lipinski definition) is 1. The highest BCUT2D eigenvalue weighted by Gasteiger charge is 2.23. The van der Waals surface area contributed by atoms with E-state index in [9.17, 15) is 4.79 Å². The van der Waals surface area contributed by atoms with Crippen molar-refractivity contribution >= 4 is 29.1 Å². The molecule has 2 N–H and O–H groups in total. The molecule has 1 atom stereocenters. The molecular weight excluding hydrogens is 275 g/mol. The molecule has 0 saturated carbocycles. The van der Waals surface area contributed by atoms with Crippen LogP contribution in [0.5, 0.6) is 5.75 Å². The van der Waals surface area contributed by atoms with E-state index in [1.165, 1.54) is 0 Å². The predicted molar refractivity (Wildman–Crippen MR) is 71.1 cm³/mol. The number of nitrogens with two attached hydrogens (primary N) is 1. The molecule has 1 fully saturated rings. The second kappa shape index (κ2) is 5.78. The van der Waals surface area contributed by atoms with Gasteiger partial charge in [0.1, 0.15) is 5.75 Å². The molecule has 1 aromatic carbocycles. The van der Waals surface area contributed by atoms with Gasteiger partial charge < -0.3 is 15.4 Å². The molecule has 2 rings (SSSR count). The summed E-state index contributed by atoms with van der Waals surface area (Å²) in [5, 5.41) is 0.960. The molecule has 98 valence electrons. The molecule has 6 heteroatoms. The number of carbonyl (C=O) groups excluding carboxylic acids is 1. The van der Waals surface area contributed by atoms with Crippen LogP contribution in [-0.2, 0) is 4.79 Å².